The summed E-state index contributed by atoms with van der Waals surface area (Å²) < 4.78 is 0. The zero-order chi connectivity index (χ0) is 9.84. The van der Waals surface area contributed by atoms with E-state index in [1.165, 1.54) is 16.7 Å². The number of rotatable bonds is 3. The lowest BCUT2D eigenvalue weighted by Crippen LogP contribution is -2.17. The van der Waals surface area contributed by atoms with Crippen LogP contribution >= 0.6 is 12.4 Å². The van der Waals surface area contributed by atoms with Gasteiger partial charge in [0.05, 0.1) is 0 Å². The van der Waals surface area contributed by atoms with E-state index in [0.29, 0.717) is 6.54 Å². The summed E-state index contributed by atoms with van der Waals surface area (Å²) in [6.07, 6.45) is 0.853. The molecule has 0 heterocycles. The second-order valence-corrected chi connectivity index (χ2v) is 3.49. The van der Waals surface area contributed by atoms with E-state index in [2.05, 4.69) is 32.0 Å². The second kappa shape index (κ2) is 6.02. The molecule has 0 radical (unpaired) electrons. The molecule has 0 saturated carbocycles. The van der Waals surface area contributed by atoms with Crippen LogP contribution < -0.4 is 11.5 Å². The molecule has 0 spiro atoms. The van der Waals surface area contributed by atoms with Gasteiger partial charge in [-0.3, -0.25) is 0 Å². The van der Waals surface area contributed by atoms with Gasteiger partial charge < -0.3 is 11.5 Å². The predicted octanol–water partition coefficient (Wildman–Crippen LogP) is 2.07. The Kier molecular flexibility index (Phi) is 5.77. The van der Waals surface area contributed by atoms with Gasteiger partial charge in [0.1, 0.15) is 0 Å². The van der Waals surface area contributed by atoms with Crippen LogP contribution in [0.2, 0.25) is 0 Å². The molecule has 1 rings (SSSR count). The molecule has 0 fully saturated rings. The van der Waals surface area contributed by atoms with Crippen LogP contribution in [0.3, 0.4) is 0 Å². The van der Waals surface area contributed by atoms with Gasteiger partial charge in [0.2, 0.25) is 0 Å². The van der Waals surface area contributed by atoms with Crippen LogP contribution in [0.25, 0.3) is 0 Å². The zero-order valence-electron chi connectivity index (χ0n) is 8.79. The molecule has 0 aliphatic heterocycles. The first kappa shape index (κ1) is 13.4. The van der Waals surface area contributed by atoms with Crippen LogP contribution in [0.15, 0.2) is 18.2 Å². The standard InChI is InChI=1S/C11H18N2.ClH/c1-8-4-3-5-9(2)11(8)10(13)6-7-12;/h3-5,10H,6-7,12-13H2,1-2H3;1H/t10-;/m1./s1. The van der Waals surface area contributed by atoms with Crippen molar-refractivity contribution in [2.24, 2.45) is 11.5 Å². The third kappa shape index (κ3) is 2.98. The largest absolute Gasteiger partial charge is 0.330 e. The number of hydrogen-bond acceptors (Lipinski definition) is 2. The SMILES string of the molecule is Cc1cccc(C)c1[C@H](N)CCN.Cl. The van der Waals surface area contributed by atoms with Crippen molar-refractivity contribution in [3.8, 4) is 0 Å². The summed E-state index contributed by atoms with van der Waals surface area (Å²) >= 11 is 0. The highest BCUT2D eigenvalue weighted by Gasteiger charge is 2.09. The van der Waals surface area contributed by atoms with Crippen molar-refractivity contribution in [1.29, 1.82) is 0 Å². The maximum atomic E-state index is 6.03. The first-order valence-corrected chi connectivity index (χ1v) is 4.68. The fraction of sp³-hybridized carbons (Fsp3) is 0.455. The first-order valence-electron chi connectivity index (χ1n) is 4.68. The molecule has 0 aliphatic rings. The highest BCUT2D eigenvalue weighted by molar-refractivity contribution is 5.85. The number of benzene rings is 1. The van der Waals surface area contributed by atoms with E-state index in [-0.39, 0.29) is 18.4 Å². The summed E-state index contributed by atoms with van der Waals surface area (Å²) in [5, 5.41) is 0. The lowest BCUT2D eigenvalue weighted by Gasteiger charge is -2.16. The average Bonchev–Trinajstić information content (AvgIpc) is 2.04. The van der Waals surface area contributed by atoms with Gasteiger partial charge in [-0.2, -0.15) is 0 Å². The number of halogens is 1. The minimum Gasteiger partial charge on any atom is -0.330 e. The normalized spacial score (nSPS) is 12.0. The molecule has 0 unspecified atom stereocenters. The van der Waals surface area contributed by atoms with E-state index in [4.69, 9.17) is 11.5 Å². The van der Waals surface area contributed by atoms with Crippen molar-refractivity contribution in [2.75, 3.05) is 6.54 Å². The Balaban J connectivity index is 0.00000169. The molecule has 4 N–H and O–H groups in total. The van der Waals surface area contributed by atoms with E-state index in [9.17, 15) is 0 Å². The Morgan fingerprint density at radius 1 is 1.21 bits per heavy atom. The fourth-order valence-electron chi connectivity index (χ4n) is 1.74. The molecule has 1 aromatic carbocycles. The first-order chi connectivity index (χ1) is 6.16. The minimum atomic E-state index is 0. The Morgan fingerprint density at radius 2 is 1.71 bits per heavy atom. The monoisotopic (exact) mass is 214 g/mol. The summed E-state index contributed by atoms with van der Waals surface area (Å²) in [5.41, 5.74) is 15.3. The molecule has 2 nitrogen and oxygen atoms in total. The van der Waals surface area contributed by atoms with Gasteiger partial charge >= 0.3 is 0 Å². The second-order valence-electron chi connectivity index (χ2n) is 3.49. The van der Waals surface area contributed by atoms with E-state index in [1.54, 1.807) is 0 Å². The van der Waals surface area contributed by atoms with E-state index in [0.717, 1.165) is 6.42 Å². The van der Waals surface area contributed by atoms with Gasteiger partial charge in [-0.05, 0) is 43.5 Å². The summed E-state index contributed by atoms with van der Waals surface area (Å²) in [5.74, 6) is 0. The molecule has 1 aromatic rings. The Bertz CT molecular complexity index is 266. The maximum absolute atomic E-state index is 6.03. The van der Waals surface area contributed by atoms with Gasteiger partial charge in [0, 0.05) is 6.04 Å². The third-order valence-corrected chi connectivity index (χ3v) is 2.39. The van der Waals surface area contributed by atoms with Crippen molar-refractivity contribution in [1.82, 2.24) is 0 Å². The van der Waals surface area contributed by atoms with Crippen LogP contribution in [0.5, 0.6) is 0 Å². The minimum absolute atomic E-state index is 0. The summed E-state index contributed by atoms with van der Waals surface area (Å²) in [6, 6.07) is 6.34. The topological polar surface area (TPSA) is 52.0 Å². The molecular formula is C11H19ClN2. The van der Waals surface area contributed by atoms with Gasteiger partial charge in [-0.15, -0.1) is 12.4 Å². The zero-order valence-corrected chi connectivity index (χ0v) is 9.60. The number of aryl methyl sites for hydroxylation is 2. The smallest absolute Gasteiger partial charge is 0.0312 e. The van der Waals surface area contributed by atoms with E-state index < -0.39 is 0 Å². The lowest BCUT2D eigenvalue weighted by atomic mass is 9.95. The molecule has 0 aromatic heterocycles. The molecule has 0 bridgehead atoms. The molecular weight excluding hydrogens is 196 g/mol. The Morgan fingerprint density at radius 3 is 2.14 bits per heavy atom. The Labute approximate surface area is 92.1 Å². The molecule has 0 aliphatic carbocycles. The summed E-state index contributed by atoms with van der Waals surface area (Å²) in [4.78, 5) is 0. The van der Waals surface area contributed by atoms with Gasteiger partial charge in [0.25, 0.3) is 0 Å². The molecule has 14 heavy (non-hydrogen) atoms. The maximum Gasteiger partial charge on any atom is 0.0312 e. The third-order valence-electron chi connectivity index (χ3n) is 2.39. The van der Waals surface area contributed by atoms with Crippen molar-refractivity contribution in [3.63, 3.8) is 0 Å². The highest BCUT2D eigenvalue weighted by Crippen LogP contribution is 2.21. The van der Waals surface area contributed by atoms with E-state index in [1.807, 2.05) is 0 Å². The number of hydrogen-bond donors (Lipinski definition) is 2. The van der Waals surface area contributed by atoms with Crippen LogP contribution in [-0.2, 0) is 0 Å². The highest BCUT2D eigenvalue weighted by atomic mass is 35.5. The van der Waals surface area contributed by atoms with Crippen molar-refractivity contribution in [2.45, 2.75) is 26.3 Å². The van der Waals surface area contributed by atoms with Crippen LogP contribution in [0.1, 0.15) is 29.2 Å². The van der Waals surface area contributed by atoms with Crippen LogP contribution in [0.4, 0.5) is 0 Å². The lowest BCUT2D eigenvalue weighted by molar-refractivity contribution is 0.654. The molecule has 3 heteroatoms. The Hall–Kier alpha value is -0.570. The summed E-state index contributed by atoms with van der Waals surface area (Å²) in [6.45, 7) is 4.84. The van der Waals surface area contributed by atoms with E-state index >= 15 is 0 Å². The summed E-state index contributed by atoms with van der Waals surface area (Å²) in [7, 11) is 0. The predicted molar refractivity (Wildman–Crippen MR) is 63.8 cm³/mol. The van der Waals surface area contributed by atoms with Gasteiger partial charge in [0.15, 0.2) is 0 Å². The van der Waals surface area contributed by atoms with Gasteiger partial charge in [-0.1, -0.05) is 18.2 Å². The van der Waals surface area contributed by atoms with Crippen molar-refractivity contribution in [3.05, 3.63) is 34.9 Å². The average molecular weight is 215 g/mol. The molecule has 1 atom stereocenters. The van der Waals surface area contributed by atoms with Crippen LogP contribution in [0, 0.1) is 13.8 Å². The molecule has 0 saturated heterocycles. The van der Waals surface area contributed by atoms with Gasteiger partial charge in [-0.25, -0.2) is 0 Å². The fourth-order valence-corrected chi connectivity index (χ4v) is 1.74. The van der Waals surface area contributed by atoms with Crippen LogP contribution in [-0.4, -0.2) is 6.54 Å². The quantitative estimate of drug-likeness (QED) is 0.810. The van der Waals surface area contributed by atoms with Crippen molar-refractivity contribution < 1.29 is 0 Å². The van der Waals surface area contributed by atoms with Crippen molar-refractivity contribution >= 4 is 12.4 Å². The molecule has 80 valence electrons. The molecule has 0 amide bonds. The number of nitrogens with two attached hydrogens (primary N) is 2.